The van der Waals surface area contributed by atoms with Crippen LogP contribution < -0.4 is 11.2 Å². The molecule has 50 valence electrons. The quantitative estimate of drug-likeness (QED) is 0.279. The van der Waals surface area contributed by atoms with Crippen molar-refractivity contribution in [1.82, 2.24) is 9.84 Å². The molecule has 3 nitrogen and oxygen atoms in total. The average molecular weight is 135 g/mol. The van der Waals surface area contributed by atoms with E-state index in [1.165, 1.54) is 0 Å². The molecule has 4 heteroatoms. The van der Waals surface area contributed by atoms with Crippen LogP contribution in [0.15, 0.2) is 0 Å². The summed E-state index contributed by atoms with van der Waals surface area (Å²) in [6, 6.07) is 0. The molecule has 0 aromatic carbocycles. The van der Waals surface area contributed by atoms with Gasteiger partial charge in [-0.3, -0.25) is 0 Å². The molecule has 8 heavy (non-hydrogen) atoms. The van der Waals surface area contributed by atoms with Gasteiger partial charge in [0.05, 0.1) is 0 Å². The highest BCUT2D eigenvalue weighted by Crippen LogP contribution is 1.77. The molecule has 0 aliphatic heterocycles. The maximum atomic E-state index is 5.23. The lowest BCUT2D eigenvalue weighted by Gasteiger charge is -2.08. The summed E-state index contributed by atoms with van der Waals surface area (Å²) < 4.78 is 1.62. The van der Waals surface area contributed by atoms with Crippen molar-refractivity contribution in [1.29, 1.82) is 0 Å². The van der Waals surface area contributed by atoms with E-state index in [1.54, 1.807) is 4.41 Å². The fourth-order valence-corrected chi connectivity index (χ4v) is 0.443. The van der Waals surface area contributed by atoms with Gasteiger partial charge in [-0.2, -0.15) is 4.41 Å². The van der Waals surface area contributed by atoms with Crippen molar-refractivity contribution >= 4 is 12.8 Å². The molecule has 0 bridgehead atoms. The van der Waals surface area contributed by atoms with Crippen LogP contribution in [0.1, 0.15) is 6.42 Å². The molecule has 0 rings (SSSR count). The van der Waals surface area contributed by atoms with Crippen molar-refractivity contribution in [3.05, 3.63) is 0 Å². The van der Waals surface area contributed by atoms with Gasteiger partial charge < -0.3 is 5.73 Å². The van der Waals surface area contributed by atoms with E-state index in [9.17, 15) is 0 Å². The SMILES string of the molecule is CN(S)NCCCN. The number of thiol groups is 1. The molecule has 0 spiro atoms. The molecule has 0 aliphatic rings. The number of nitrogens with two attached hydrogens (primary N) is 1. The van der Waals surface area contributed by atoms with Crippen LogP contribution in [0, 0.1) is 0 Å². The van der Waals surface area contributed by atoms with Gasteiger partial charge in [0.2, 0.25) is 0 Å². The Kier molecular flexibility index (Phi) is 5.52. The summed E-state index contributed by atoms with van der Waals surface area (Å²) in [5.74, 6) is 0. The summed E-state index contributed by atoms with van der Waals surface area (Å²) in [4.78, 5) is 0. The maximum Gasteiger partial charge on any atom is 0.0128 e. The predicted molar refractivity (Wildman–Crippen MR) is 38.4 cm³/mol. The monoisotopic (exact) mass is 135 g/mol. The lowest BCUT2D eigenvalue weighted by molar-refractivity contribution is 0.415. The second kappa shape index (κ2) is 5.37. The summed E-state index contributed by atoms with van der Waals surface area (Å²) in [5, 5.41) is 0. The van der Waals surface area contributed by atoms with Crippen LogP contribution in [0.5, 0.6) is 0 Å². The average Bonchev–Trinajstić information content (AvgIpc) is 1.66. The van der Waals surface area contributed by atoms with Crippen LogP contribution in [0.3, 0.4) is 0 Å². The third kappa shape index (κ3) is 6.23. The van der Waals surface area contributed by atoms with Crippen molar-refractivity contribution in [2.45, 2.75) is 6.42 Å². The summed E-state index contributed by atoms with van der Waals surface area (Å²) >= 11 is 3.95. The Balaban J connectivity index is 2.72. The molecule has 0 aromatic rings. The Morgan fingerprint density at radius 2 is 2.38 bits per heavy atom. The van der Waals surface area contributed by atoms with Gasteiger partial charge in [-0.05, 0) is 13.0 Å². The van der Waals surface area contributed by atoms with Gasteiger partial charge in [-0.15, -0.1) is 0 Å². The lowest BCUT2D eigenvalue weighted by Crippen LogP contribution is -2.28. The maximum absolute atomic E-state index is 5.23. The molecule has 0 fully saturated rings. The van der Waals surface area contributed by atoms with Crippen LogP contribution in [-0.2, 0) is 0 Å². The van der Waals surface area contributed by atoms with Gasteiger partial charge in [0.1, 0.15) is 0 Å². The number of hydrazine groups is 1. The summed E-state index contributed by atoms with van der Waals surface area (Å²) in [7, 11) is 1.83. The minimum absolute atomic E-state index is 0.731. The molecule has 0 amide bonds. The summed E-state index contributed by atoms with van der Waals surface area (Å²) in [6.07, 6.45) is 0.991. The second-order valence-electron chi connectivity index (χ2n) is 1.57. The Morgan fingerprint density at radius 1 is 1.75 bits per heavy atom. The van der Waals surface area contributed by atoms with E-state index in [-0.39, 0.29) is 0 Å². The van der Waals surface area contributed by atoms with Crippen molar-refractivity contribution < 1.29 is 0 Å². The van der Waals surface area contributed by atoms with E-state index < -0.39 is 0 Å². The number of nitrogens with zero attached hydrogens (tertiary/aromatic N) is 1. The number of nitrogens with one attached hydrogen (secondary N) is 1. The fourth-order valence-electron chi connectivity index (χ4n) is 0.343. The van der Waals surface area contributed by atoms with Gasteiger partial charge in [-0.1, -0.05) is 12.8 Å². The fraction of sp³-hybridized carbons (Fsp3) is 1.00. The van der Waals surface area contributed by atoms with E-state index in [4.69, 9.17) is 5.73 Å². The Bertz CT molecular complexity index is 48.5. The smallest absolute Gasteiger partial charge is 0.0128 e. The van der Waals surface area contributed by atoms with Crippen LogP contribution in [0.25, 0.3) is 0 Å². The van der Waals surface area contributed by atoms with Crippen LogP contribution in [0.2, 0.25) is 0 Å². The highest BCUT2D eigenvalue weighted by Gasteiger charge is 1.84. The molecule has 0 radical (unpaired) electrons. The second-order valence-corrected chi connectivity index (χ2v) is 2.17. The van der Waals surface area contributed by atoms with E-state index in [0.29, 0.717) is 0 Å². The molecular formula is C4H13N3S. The standard InChI is InChI=1S/C4H13N3S/c1-7(8)6-4-2-3-5/h6,8H,2-5H2,1H3. The van der Waals surface area contributed by atoms with Crippen molar-refractivity contribution in [2.75, 3.05) is 20.1 Å². The molecule has 0 aromatic heterocycles. The highest BCUT2D eigenvalue weighted by molar-refractivity contribution is 7.77. The Hall–Kier alpha value is 0.230. The molecule has 0 heterocycles. The van der Waals surface area contributed by atoms with Crippen LogP contribution in [0.4, 0.5) is 0 Å². The first-order valence-corrected chi connectivity index (χ1v) is 3.03. The third-order valence-corrected chi connectivity index (χ3v) is 0.863. The zero-order valence-corrected chi connectivity index (χ0v) is 5.99. The predicted octanol–water partition coefficient (Wildman–Crippen LogP) is -0.384. The first kappa shape index (κ1) is 8.23. The van der Waals surface area contributed by atoms with Crippen LogP contribution in [-0.4, -0.2) is 24.6 Å². The minimum atomic E-state index is 0.731. The van der Waals surface area contributed by atoms with E-state index in [0.717, 1.165) is 19.5 Å². The van der Waals surface area contributed by atoms with E-state index in [1.807, 2.05) is 7.05 Å². The Morgan fingerprint density at radius 3 is 2.75 bits per heavy atom. The molecular weight excluding hydrogens is 122 g/mol. The zero-order valence-electron chi connectivity index (χ0n) is 5.09. The molecule has 3 N–H and O–H groups in total. The van der Waals surface area contributed by atoms with Crippen molar-refractivity contribution in [3.63, 3.8) is 0 Å². The molecule has 0 atom stereocenters. The number of hydrogen-bond acceptors (Lipinski definition) is 4. The Labute approximate surface area is 55.7 Å². The number of rotatable bonds is 4. The van der Waals surface area contributed by atoms with Gasteiger partial charge in [0.25, 0.3) is 0 Å². The first-order chi connectivity index (χ1) is 3.77. The minimum Gasteiger partial charge on any atom is -0.330 e. The summed E-state index contributed by atoms with van der Waals surface area (Å²) in [5.41, 5.74) is 8.20. The molecule has 0 saturated heterocycles. The highest BCUT2D eigenvalue weighted by atomic mass is 32.1. The van der Waals surface area contributed by atoms with E-state index in [2.05, 4.69) is 18.2 Å². The molecule has 0 unspecified atom stereocenters. The zero-order chi connectivity index (χ0) is 6.41. The molecule has 0 aliphatic carbocycles. The van der Waals surface area contributed by atoms with Gasteiger partial charge in [0.15, 0.2) is 0 Å². The normalized spacial score (nSPS) is 10.5. The van der Waals surface area contributed by atoms with Gasteiger partial charge >= 0.3 is 0 Å². The molecule has 0 saturated carbocycles. The third-order valence-electron chi connectivity index (χ3n) is 0.722. The lowest BCUT2D eigenvalue weighted by atomic mass is 10.4. The van der Waals surface area contributed by atoms with Crippen molar-refractivity contribution in [3.8, 4) is 0 Å². The first-order valence-electron chi connectivity index (χ1n) is 2.63. The van der Waals surface area contributed by atoms with E-state index >= 15 is 0 Å². The largest absolute Gasteiger partial charge is 0.330 e. The number of hydrogen-bond donors (Lipinski definition) is 3. The van der Waals surface area contributed by atoms with Gasteiger partial charge in [-0.25, -0.2) is 5.43 Å². The summed E-state index contributed by atoms with van der Waals surface area (Å²) in [6.45, 7) is 1.63. The van der Waals surface area contributed by atoms with Gasteiger partial charge in [0, 0.05) is 13.6 Å². The van der Waals surface area contributed by atoms with Crippen LogP contribution >= 0.6 is 12.8 Å². The topological polar surface area (TPSA) is 41.3 Å². The van der Waals surface area contributed by atoms with Crippen molar-refractivity contribution in [2.24, 2.45) is 5.73 Å².